The first-order valence-corrected chi connectivity index (χ1v) is 28.2. The van der Waals surface area contributed by atoms with Crippen LogP contribution in [0.2, 0.25) is 0 Å². The molecule has 0 bridgehead atoms. The van der Waals surface area contributed by atoms with E-state index < -0.39 is 20.0 Å². The average Bonchev–Trinajstić information content (AvgIpc) is 3.70. The summed E-state index contributed by atoms with van der Waals surface area (Å²) in [6, 6.07) is 27.6. The zero-order valence-electron chi connectivity index (χ0n) is 41.3. The predicted octanol–water partition coefficient (Wildman–Crippen LogP) is 8.46. The zero-order valence-corrected chi connectivity index (χ0v) is 43.0. The van der Waals surface area contributed by atoms with Crippen LogP contribution in [0.5, 0.6) is 11.5 Å². The predicted molar refractivity (Wildman–Crippen MR) is 275 cm³/mol. The number of carbonyl (C=O) groups excluding carboxylic acids is 3. The van der Waals surface area contributed by atoms with E-state index >= 15 is 0 Å². The molecule has 4 aromatic carbocycles. The minimum atomic E-state index is -3.29. The van der Waals surface area contributed by atoms with Gasteiger partial charge in [-0.2, -0.15) is 0 Å². The second-order valence-electron chi connectivity index (χ2n) is 18.8. The molecule has 2 heterocycles. The van der Waals surface area contributed by atoms with Crippen LogP contribution < -0.4 is 23.4 Å². The van der Waals surface area contributed by atoms with E-state index in [4.69, 9.17) is 9.47 Å². The normalized spacial score (nSPS) is 20.4. The molecule has 4 aliphatic rings. The van der Waals surface area contributed by atoms with Gasteiger partial charge in [0.1, 0.15) is 17.8 Å². The summed E-state index contributed by atoms with van der Waals surface area (Å²) in [6.45, 7) is 10.3. The van der Waals surface area contributed by atoms with Crippen molar-refractivity contribution >= 4 is 49.3 Å². The Hall–Kier alpha value is -5.09. The Morgan fingerprint density at radius 3 is 1.51 bits per heavy atom. The highest BCUT2D eigenvalue weighted by atomic mass is 32.2. The first-order chi connectivity index (χ1) is 33.0. The second kappa shape index (κ2) is 24.6. The molecule has 0 radical (unpaired) electrons. The third kappa shape index (κ3) is 14.5. The number of Topliss-reactive ketones (excluding diaryl/α,β-unsaturated/α-hetero) is 2. The van der Waals surface area contributed by atoms with Crippen molar-refractivity contribution in [2.45, 2.75) is 89.9 Å². The molecular weight excluding hydrogens is 913 g/mol. The maximum Gasteiger partial charge on any atom is 0.231 e. The van der Waals surface area contributed by atoms with Gasteiger partial charge in [-0.05, 0) is 160 Å². The zero-order chi connectivity index (χ0) is 49.7. The fraction of sp³-hybridized carbons (Fsp3) is 0.500. The Balaban J connectivity index is 0.000000211. The van der Waals surface area contributed by atoms with Crippen molar-refractivity contribution in [3.63, 3.8) is 0 Å². The topological polar surface area (TPSA) is 160 Å². The summed E-state index contributed by atoms with van der Waals surface area (Å²) in [4.78, 5) is 35.9. The SMILES string of the molecule is CCC=O.CCCN1CC[C@@H](COc2ccc3c(c2)C(=O)CC3)[C@H](c2ccc(N(C)S(C)(=O)=O)cc2)CC1.CN(c1ccc([C@@H]2CCNCC[C@H]2COc2ccc3c(c2)C(=O)CC3)cc1)S(C)(=O)=O. The van der Waals surface area contributed by atoms with Crippen molar-refractivity contribution in [3.8, 4) is 11.5 Å². The number of rotatable bonds is 15. The van der Waals surface area contributed by atoms with Crippen LogP contribution in [0.4, 0.5) is 11.4 Å². The number of ketones is 2. The molecule has 8 rings (SSSR count). The van der Waals surface area contributed by atoms with E-state index in [2.05, 4.69) is 29.3 Å². The lowest BCUT2D eigenvalue weighted by Gasteiger charge is -2.26. The quantitative estimate of drug-likeness (QED) is 0.114. The maximum atomic E-state index is 12.1. The van der Waals surface area contributed by atoms with E-state index in [0.717, 1.165) is 118 Å². The Labute approximate surface area is 411 Å². The van der Waals surface area contributed by atoms with E-state index in [1.165, 1.54) is 32.2 Å². The minimum Gasteiger partial charge on any atom is -0.493 e. The molecule has 2 aliphatic heterocycles. The number of nitrogens with one attached hydrogen (secondary N) is 1. The number of ether oxygens (including phenoxy) is 2. The summed E-state index contributed by atoms with van der Waals surface area (Å²) >= 11 is 0. The number of anilines is 2. The second-order valence-corrected chi connectivity index (χ2v) is 22.8. The molecule has 0 aromatic heterocycles. The molecule has 13 nitrogen and oxygen atoms in total. The van der Waals surface area contributed by atoms with Crippen molar-refractivity contribution in [1.29, 1.82) is 0 Å². The Bertz CT molecular complexity index is 2590. The molecular formula is C54H72N4O9S2. The van der Waals surface area contributed by atoms with Crippen LogP contribution in [0.25, 0.3) is 0 Å². The molecule has 0 saturated carbocycles. The molecule has 4 aromatic rings. The van der Waals surface area contributed by atoms with Gasteiger partial charge < -0.3 is 24.5 Å². The summed E-state index contributed by atoms with van der Waals surface area (Å²) in [5.41, 5.74) is 7.62. The van der Waals surface area contributed by atoms with Gasteiger partial charge >= 0.3 is 0 Å². The van der Waals surface area contributed by atoms with Gasteiger partial charge in [0.15, 0.2) is 11.6 Å². The molecule has 2 fully saturated rings. The lowest BCUT2D eigenvalue weighted by Crippen LogP contribution is -2.25. The smallest absolute Gasteiger partial charge is 0.231 e. The van der Waals surface area contributed by atoms with Gasteiger partial charge in [-0.3, -0.25) is 18.2 Å². The van der Waals surface area contributed by atoms with E-state index in [1.807, 2.05) is 79.7 Å². The molecule has 0 unspecified atom stereocenters. The van der Waals surface area contributed by atoms with Crippen LogP contribution >= 0.6 is 0 Å². The average molecular weight is 985 g/mol. The van der Waals surface area contributed by atoms with Gasteiger partial charge in [0.05, 0.1) is 37.1 Å². The first-order valence-electron chi connectivity index (χ1n) is 24.5. The van der Waals surface area contributed by atoms with Gasteiger partial charge in [0, 0.05) is 56.3 Å². The Morgan fingerprint density at radius 2 is 1.06 bits per heavy atom. The molecule has 0 spiro atoms. The number of likely N-dealkylation sites (tertiary alicyclic amines) is 1. The fourth-order valence-corrected chi connectivity index (χ4v) is 10.8. The highest BCUT2D eigenvalue weighted by Gasteiger charge is 2.30. The summed E-state index contributed by atoms with van der Waals surface area (Å²) in [5.74, 6) is 3.27. The summed E-state index contributed by atoms with van der Waals surface area (Å²) in [7, 11) is -3.42. The molecule has 4 atom stereocenters. The maximum absolute atomic E-state index is 12.1. The lowest BCUT2D eigenvalue weighted by molar-refractivity contribution is -0.107. The molecule has 0 amide bonds. The van der Waals surface area contributed by atoms with E-state index in [9.17, 15) is 31.2 Å². The van der Waals surface area contributed by atoms with Crippen molar-refractivity contribution in [2.24, 2.45) is 11.8 Å². The number of hydrogen-bond acceptors (Lipinski definition) is 11. The molecule has 69 heavy (non-hydrogen) atoms. The van der Waals surface area contributed by atoms with Crippen LogP contribution in [-0.4, -0.2) is 112 Å². The number of benzene rings is 4. The molecule has 1 N–H and O–H groups in total. The van der Waals surface area contributed by atoms with Gasteiger partial charge in [0.2, 0.25) is 20.0 Å². The monoisotopic (exact) mass is 984 g/mol. The standard InChI is InChI=1S/C27H36N2O4S.C24H30N2O4S.C3H6O/c1-4-15-29-16-13-22(19-33-24-11-7-21-8-12-27(30)26(21)18-24)25(14-17-29)20-5-9-23(10-6-20)28(2)34(3,31)32;1-26(31(2,28)29)20-7-3-17(4-8-20)22-12-14-25-13-11-19(22)16-30-21-9-5-18-6-10-24(27)23(18)15-21;1-2-3-4/h5-7,9-11,18,22,25H,4,8,12-17,19H2,1-3H3;3-5,7-9,15,19,22,25H,6,10-14,16H2,1-2H3;3H,2H2,1H3/t22-,25-;19-,22-;/m00./s1. The van der Waals surface area contributed by atoms with E-state index in [-0.39, 0.29) is 11.6 Å². The van der Waals surface area contributed by atoms with E-state index in [0.29, 0.717) is 67.5 Å². The highest BCUT2D eigenvalue weighted by molar-refractivity contribution is 7.92. The number of aldehydes is 1. The van der Waals surface area contributed by atoms with E-state index in [1.54, 1.807) is 14.1 Å². The van der Waals surface area contributed by atoms with Gasteiger partial charge in [0.25, 0.3) is 0 Å². The summed E-state index contributed by atoms with van der Waals surface area (Å²) < 4.78 is 62.5. The van der Waals surface area contributed by atoms with Crippen molar-refractivity contribution in [1.82, 2.24) is 10.2 Å². The Kier molecular flexibility index (Phi) is 19.0. The van der Waals surface area contributed by atoms with Crippen LogP contribution in [0.3, 0.4) is 0 Å². The summed E-state index contributed by atoms with van der Waals surface area (Å²) in [5, 5.41) is 3.48. The fourth-order valence-electron chi connectivity index (χ4n) is 9.81. The number of nitrogens with zero attached hydrogens (tertiary/aromatic N) is 3. The van der Waals surface area contributed by atoms with Crippen molar-refractivity contribution < 1.29 is 40.7 Å². The number of fused-ring (bicyclic) bond motifs is 2. The number of carbonyl (C=O) groups is 3. The largest absolute Gasteiger partial charge is 0.493 e. The van der Waals surface area contributed by atoms with Crippen molar-refractivity contribution in [2.75, 3.05) is 81.2 Å². The third-order valence-electron chi connectivity index (χ3n) is 14.0. The van der Waals surface area contributed by atoms with Crippen LogP contribution in [0.15, 0.2) is 84.9 Å². The number of aryl methyl sites for hydroxylation is 2. The number of sulfonamides is 2. The van der Waals surface area contributed by atoms with Crippen LogP contribution in [0, 0.1) is 11.8 Å². The summed E-state index contributed by atoms with van der Waals surface area (Å²) in [6.07, 6.45) is 12.0. The third-order valence-corrected chi connectivity index (χ3v) is 16.5. The minimum absolute atomic E-state index is 0.205. The van der Waals surface area contributed by atoms with Crippen molar-refractivity contribution in [3.05, 3.63) is 118 Å². The molecule has 15 heteroatoms. The van der Waals surface area contributed by atoms with Crippen LogP contribution in [0.1, 0.15) is 120 Å². The lowest BCUT2D eigenvalue weighted by atomic mass is 9.83. The first kappa shape index (κ1) is 53.3. The van der Waals surface area contributed by atoms with Crippen LogP contribution in [-0.2, 0) is 37.7 Å². The molecule has 374 valence electrons. The Morgan fingerprint density at radius 1 is 0.623 bits per heavy atom. The highest BCUT2D eigenvalue weighted by Crippen LogP contribution is 2.37. The van der Waals surface area contributed by atoms with Gasteiger partial charge in [-0.15, -0.1) is 0 Å². The van der Waals surface area contributed by atoms with Gasteiger partial charge in [-0.1, -0.05) is 50.2 Å². The number of hydrogen-bond donors (Lipinski definition) is 1. The van der Waals surface area contributed by atoms with Gasteiger partial charge in [-0.25, -0.2) is 16.8 Å². The molecule has 2 saturated heterocycles. The molecule has 2 aliphatic carbocycles.